The number of nitrogens with one attached hydrogen (secondary N) is 2. The van der Waals surface area contributed by atoms with Crippen LogP contribution >= 0.6 is 0 Å². The minimum atomic E-state index is -4.10. The van der Waals surface area contributed by atoms with Gasteiger partial charge in [-0.3, -0.25) is 9.59 Å². The van der Waals surface area contributed by atoms with Gasteiger partial charge in [-0.25, -0.2) is 12.8 Å². The summed E-state index contributed by atoms with van der Waals surface area (Å²) in [5, 5.41) is 5.65. The van der Waals surface area contributed by atoms with Gasteiger partial charge in [-0.15, -0.1) is 0 Å². The van der Waals surface area contributed by atoms with Crippen molar-refractivity contribution < 1.29 is 22.4 Å². The third kappa shape index (κ3) is 6.16. The molecular formula is C27H28FN3O4S. The maximum atomic E-state index is 13.6. The molecule has 1 heterocycles. The molecule has 1 atom stereocenters. The van der Waals surface area contributed by atoms with Gasteiger partial charge in [-0.1, -0.05) is 42.5 Å². The van der Waals surface area contributed by atoms with Gasteiger partial charge < -0.3 is 10.6 Å². The predicted octanol–water partition coefficient (Wildman–Crippen LogP) is 3.62. The van der Waals surface area contributed by atoms with E-state index in [1.54, 1.807) is 24.3 Å². The number of hydrogen-bond donors (Lipinski definition) is 2. The molecule has 1 aliphatic rings. The third-order valence-electron chi connectivity index (χ3n) is 6.12. The van der Waals surface area contributed by atoms with Crippen molar-refractivity contribution in [1.82, 2.24) is 14.9 Å². The number of amides is 2. The highest BCUT2D eigenvalue weighted by Gasteiger charge is 2.36. The highest BCUT2D eigenvalue weighted by atomic mass is 32.2. The van der Waals surface area contributed by atoms with Crippen LogP contribution in [0.2, 0.25) is 0 Å². The number of benzene rings is 3. The van der Waals surface area contributed by atoms with Gasteiger partial charge in [-0.2, -0.15) is 4.31 Å². The minimum Gasteiger partial charge on any atom is -0.355 e. The van der Waals surface area contributed by atoms with E-state index in [-0.39, 0.29) is 23.3 Å². The van der Waals surface area contributed by atoms with E-state index in [0.29, 0.717) is 37.1 Å². The van der Waals surface area contributed by atoms with Gasteiger partial charge in [0, 0.05) is 25.2 Å². The Morgan fingerprint density at radius 2 is 1.64 bits per heavy atom. The monoisotopic (exact) mass is 509 g/mol. The van der Waals surface area contributed by atoms with Crippen LogP contribution in [0.5, 0.6) is 0 Å². The van der Waals surface area contributed by atoms with Gasteiger partial charge >= 0.3 is 0 Å². The number of halogens is 1. The lowest BCUT2D eigenvalue weighted by atomic mass is 10.1. The Morgan fingerprint density at radius 3 is 2.33 bits per heavy atom. The molecule has 36 heavy (non-hydrogen) atoms. The van der Waals surface area contributed by atoms with E-state index < -0.39 is 21.9 Å². The van der Waals surface area contributed by atoms with Gasteiger partial charge in [0.15, 0.2) is 0 Å². The number of carbonyl (C=O) groups excluding carboxylic acids is 2. The van der Waals surface area contributed by atoms with Gasteiger partial charge in [-0.05, 0) is 66.8 Å². The van der Waals surface area contributed by atoms with Crippen molar-refractivity contribution in [2.24, 2.45) is 0 Å². The van der Waals surface area contributed by atoms with Gasteiger partial charge in [0.2, 0.25) is 15.9 Å². The van der Waals surface area contributed by atoms with Crippen LogP contribution in [0.1, 0.15) is 40.7 Å². The summed E-state index contributed by atoms with van der Waals surface area (Å²) in [7, 11) is -4.10. The zero-order chi connectivity index (χ0) is 25.5. The molecule has 0 bridgehead atoms. The number of sulfonamides is 1. The summed E-state index contributed by atoms with van der Waals surface area (Å²) in [6.07, 6.45) is 1.84. The first kappa shape index (κ1) is 25.5. The molecule has 4 rings (SSSR count). The maximum absolute atomic E-state index is 13.6. The Labute approximate surface area is 210 Å². The van der Waals surface area contributed by atoms with Gasteiger partial charge in [0.1, 0.15) is 11.9 Å². The van der Waals surface area contributed by atoms with E-state index in [9.17, 15) is 22.4 Å². The molecule has 0 spiro atoms. The average molecular weight is 510 g/mol. The van der Waals surface area contributed by atoms with Crippen LogP contribution < -0.4 is 10.6 Å². The van der Waals surface area contributed by atoms with Crippen molar-refractivity contribution >= 4 is 21.8 Å². The summed E-state index contributed by atoms with van der Waals surface area (Å²) in [6.45, 7) is 0.818. The molecule has 0 saturated carbocycles. The average Bonchev–Trinajstić information content (AvgIpc) is 3.11. The Bertz CT molecular complexity index is 1300. The molecule has 2 amide bonds. The third-order valence-corrected chi connectivity index (χ3v) is 7.99. The van der Waals surface area contributed by atoms with E-state index in [0.717, 1.165) is 24.1 Å². The lowest BCUT2D eigenvalue weighted by Gasteiger charge is -2.29. The Balaban J connectivity index is 1.55. The Kier molecular flexibility index (Phi) is 8.12. The van der Waals surface area contributed by atoms with Crippen LogP contribution in [-0.4, -0.2) is 37.1 Å². The topological polar surface area (TPSA) is 95.6 Å². The second kappa shape index (κ2) is 11.5. The fourth-order valence-corrected chi connectivity index (χ4v) is 5.73. The van der Waals surface area contributed by atoms with E-state index in [2.05, 4.69) is 10.6 Å². The predicted molar refractivity (Wildman–Crippen MR) is 134 cm³/mol. The molecule has 0 radical (unpaired) electrons. The van der Waals surface area contributed by atoms with Crippen molar-refractivity contribution in [2.45, 2.75) is 43.3 Å². The summed E-state index contributed by atoms with van der Waals surface area (Å²) in [6, 6.07) is 19.8. The summed E-state index contributed by atoms with van der Waals surface area (Å²) in [5.74, 6) is -1.15. The molecule has 1 saturated heterocycles. The zero-order valence-corrected chi connectivity index (χ0v) is 20.5. The van der Waals surface area contributed by atoms with E-state index in [1.807, 2.05) is 30.3 Å². The van der Waals surface area contributed by atoms with Crippen LogP contribution in [0, 0.1) is 5.82 Å². The number of rotatable bonds is 8. The molecule has 3 aromatic carbocycles. The first-order valence-electron chi connectivity index (χ1n) is 11.8. The first-order valence-corrected chi connectivity index (χ1v) is 13.2. The van der Waals surface area contributed by atoms with Gasteiger partial charge in [0.25, 0.3) is 5.91 Å². The number of carbonyl (C=O) groups is 2. The summed E-state index contributed by atoms with van der Waals surface area (Å²) in [5.41, 5.74) is 2.04. The second-order valence-electron chi connectivity index (χ2n) is 8.67. The van der Waals surface area contributed by atoms with E-state index in [4.69, 9.17) is 0 Å². The molecule has 7 nitrogen and oxygen atoms in total. The molecule has 1 aliphatic heterocycles. The van der Waals surface area contributed by atoms with Crippen molar-refractivity contribution in [1.29, 1.82) is 0 Å². The minimum absolute atomic E-state index is 0.0658. The van der Waals surface area contributed by atoms with Crippen molar-refractivity contribution in [3.63, 3.8) is 0 Å². The van der Waals surface area contributed by atoms with Crippen molar-refractivity contribution in [2.75, 3.05) is 6.54 Å². The smallest absolute Gasteiger partial charge is 0.251 e. The molecule has 9 heteroatoms. The van der Waals surface area contributed by atoms with Crippen LogP contribution in [0.15, 0.2) is 83.8 Å². The number of hydrogen-bond acceptors (Lipinski definition) is 4. The fourth-order valence-electron chi connectivity index (χ4n) is 4.12. The standard InChI is InChI=1S/C27H28FN3O4S/c28-23-13-15-24(16-14-23)36(34,35)31(25-8-4-5-17-29-27(25)33)19-21-9-11-22(12-10-21)26(32)30-18-20-6-2-1-3-7-20/h1-3,6-7,9-16,25H,4-5,8,17-19H2,(H,29,33)(H,30,32)/t25-/m1/s1. The van der Waals surface area contributed by atoms with Crippen LogP contribution in [0.4, 0.5) is 4.39 Å². The Morgan fingerprint density at radius 1 is 0.944 bits per heavy atom. The van der Waals surface area contributed by atoms with Crippen LogP contribution in [0.3, 0.4) is 0 Å². The first-order chi connectivity index (χ1) is 17.3. The molecule has 3 aromatic rings. The summed E-state index contributed by atoms with van der Waals surface area (Å²) in [4.78, 5) is 25.2. The van der Waals surface area contributed by atoms with Crippen molar-refractivity contribution in [3.05, 3.63) is 101 Å². The van der Waals surface area contributed by atoms with Crippen LogP contribution in [-0.2, 0) is 27.9 Å². The van der Waals surface area contributed by atoms with Crippen LogP contribution in [0.25, 0.3) is 0 Å². The summed E-state index contributed by atoms with van der Waals surface area (Å²) >= 11 is 0. The highest BCUT2D eigenvalue weighted by Crippen LogP contribution is 2.25. The maximum Gasteiger partial charge on any atom is 0.251 e. The molecule has 0 unspecified atom stereocenters. The quantitative estimate of drug-likeness (QED) is 0.485. The van der Waals surface area contributed by atoms with Crippen molar-refractivity contribution in [3.8, 4) is 0 Å². The number of nitrogens with zero attached hydrogens (tertiary/aromatic N) is 1. The normalized spacial score (nSPS) is 16.3. The van der Waals surface area contributed by atoms with Gasteiger partial charge in [0.05, 0.1) is 4.90 Å². The molecule has 0 aliphatic carbocycles. The molecule has 188 valence electrons. The Hall–Kier alpha value is -3.56. The highest BCUT2D eigenvalue weighted by molar-refractivity contribution is 7.89. The zero-order valence-electron chi connectivity index (χ0n) is 19.7. The lowest BCUT2D eigenvalue weighted by molar-refractivity contribution is -0.124. The molecular weight excluding hydrogens is 481 g/mol. The van der Waals surface area contributed by atoms with E-state index >= 15 is 0 Å². The molecule has 2 N–H and O–H groups in total. The largest absolute Gasteiger partial charge is 0.355 e. The summed E-state index contributed by atoms with van der Waals surface area (Å²) < 4.78 is 41.7. The van der Waals surface area contributed by atoms with E-state index in [1.165, 1.54) is 16.4 Å². The molecule has 0 aromatic heterocycles. The fraction of sp³-hybridized carbons (Fsp3) is 0.259. The SMILES string of the molecule is O=C(NCc1ccccc1)c1ccc(CN([C@@H]2CCCCNC2=O)S(=O)(=O)c2ccc(F)cc2)cc1. The lowest BCUT2D eigenvalue weighted by Crippen LogP contribution is -2.48. The molecule has 1 fully saturated rings. The second-order valence-corrected chi connectivity index (χ2v) is 10.6.